The fourth-order valence-electron chi connectivity index (χ4n) is 1.77. The molecule has 0 saturated carbocycles. The number of hydrogen-bond donors (Lipinski definition) is 2. The SMILES string of the molecule is COc1ccc(Cl)cc1C(=O)Nc1ccc(C)c(N)c1. The number of hydrogen-bond acceptors (Lipinski definition) is 3. The van der Waals surface area contributed by atoms with E-state index in [-0.39, 0.29) is 5.91 Å². The van der Waals surface area contributed by atoms with Crippen LogP contribution in [0.1, 0.15) is 15.9 Å². The Morgan fingerprint density at radius 2 is 2.00 bits per heavy atom. The average Bonchev–Trinajstić information content (AvgIpc) is 2.43. The number of anilines is 2. The molecule has 0 atom stereocenters. The van der Waals surface area contributed by atoms with Gasteiger partial charge in [-0.15, -0.1) is 0 Å². The van der Waals surface area contributed by atoms with Crippen LogP contribution in [0.15, 0.2) is 36.4 Å². The largest absolute Gasteiger partial charge is 0.496 e. The third-order valence-corrected chi connectivity index (χ3v) is 3.18. The van der Waals surface area contributed by atoms with Gasteiger partial charge in [0.1, 0.15) is 5.75 Å². The van der Waals surface area contributed by atoms with Crippen molar-refractivity contribution < 1.29 is 9.53 Å². The molecule has 0 unspecified atom stereocenters. The van der Waals surface area contributed by atoms with Crippen LogP contribution in [0, 0.1) is 6.92 Å². The fraction of sp³-hybridized carbons (Fsp3) is 0.133. The molecule has 3 N–H and O–H groups in total. The number of rotatable bonds is 3. The third kappa shape index (κ3) is 3.03. The zero-order chi connectivity index (χ0) is 14.7. The molecule has 5 heteroatoms. The van der Waals surface area contributed by atoms with Gasteiger partial charge in [0, 0.05) is 16.4 Å². The molecular formula is C15H15ClN2O2. The summed E-state index contributed by atoms with van der Waals surface area (Å²) in [6.45, 7) is 1.90. The van der Waals surface area contributed by atoms with Crippen molar-refractivity contribution >= 4 is 28.9 Å². The molecule has 1 amide bonds. The number of carbonyl (C=O) groups is 1. The van der Waals surface area contributed by atoms with Gasteiger partial charge in [-0.3, -0.25) is 4.79 Å². The summed E-state index contributed by atoms with van der Waals surface area (Å²) in [6, 6.07) is 10.2. The third-order valence-electron chi connectivity index (χ3n) is 2.94. The maximum absolute atomic E-state index is 12.3. The number of methoxy groups -OCH3 is 1. The highest BCUT2D eigenvalue weighted by Gasteiger charge is 2.13. The van der Waals surface area contributed by atoms with Crippen LogP contribution in [0.3, 0.4) is 0 Å². The van der Waals surface area contributed by atoms with Crippen molar-refractivity contribution in [3.8, 4) is 5.75 Å². The molecule has 0 saturated heterocycles. The predicted molar refractivity (Wildman–Crippen MR) is 81.5 cm³/mol. The van der Waals surface area contributed by atoms with Gasteiger partial charge in [0.05, 0.1) is 12.7 Å². The van der Waals surface area contributed by atoms with Gasteiger partial charge < -0.3 is 15.8 Å². The minimum absolute atomic E-state index is 0.299. The van der Waals surface area contributed by atoms with Crippen molar-refractivity contribution in [3.05, 3.63) is 52.5 Å². The molecule has 2 aromatic rings. The molecule has 0 fully saturated rings. The van der Waals surface area contributed by atoms with Crippen molar-refractivity contribution in [1.29, 1.82) is 0 Å². The van der Waals surface area contributed by atoms with Crippen LogP contribution in [0.2, 0.25) is 5.02 Å². The quantitative estimate of drug-likeness (QED) is 0.851. The Kier molecular flexibility index (Phi) is 4.15. The molecule has 0 spiro atoms. The summed E-state index contributed by atoms with van der Waals surface area (Å²) in [5.41, 5.74) is 8.40. The lowest BCUT2D eigenvalue weighted by atomic mass is 10.1. The lowest BCUT2D eigenvalue weighted by Crippen LogP contribution is -2.13. The first-order valence-electron chi connectivity index (χ1n) is 6.02. The van der Waals surface area contributed by atoms with Crippen molar-refractivity contribution in [1.82, 2.24) is 0 Å². The summed E-state index contributed by atoms with van der Waals surface area (Å²) in [5.74, 6) is 0.166. The number of nitrogens with two attached hydrogens (primary N) is 1. The Morgan fingerprint density at radius 1 is 1.25 bits per heavy atom. The second-order valence-corrected chi connectivity index (χ2v) is 4.81. The second kappa shape index (κ2) is 5.84. The van der Waals surface area contributed by atoms with Crippen LogP contribution in [0.5, 0.6) is 5.75 Å². The lowest BCUT2D eigenvalue weighted by Gasteiger charge is -2.10. The summed E-state index contributed by atoms with van der Waals surface area (Å²) >= 11 is 5.91. The number of halogens is 1. The Morgan fingerprint density at radius 3 is 2.65 bits per heavy atom. The molecule has 0 aromatic heterocycles. The van der Waals surface area contributed by atoms with Crippen LogP contribution in [0.25, 0.3) is 0 Å². The van der Waals surface area contributed by atoms with E-state index in [1.54, 1.807) is 30.3 Å². The zero-order valence-electron chi connectivity index (χ0n) is 11.2. The van der Waals surface area contributed by atoms with Crippen LogP contribution < -0.4 is 15.8 Å². The summed E-state index contributed by atoms with van der Waals surface area (Å²) < 4.78 is 5.16. The number of nitrogens with one attached hydrogen (secondary N) is 1. The van der Waals surface area contributed by atoms with Crippen LogP contribution >= 0.6 is 11.6 Å². The number of carbonyl (C=O) groups excluding carboxylic acids is 1. The van der Waals surface area contributed by atoms with E-state index in [1.165, 1.54) is 7.11 Å². The maximum Gasteiger partial charge on any atom is 0.259 e. The standard InChI is InChI=1S/C15H15ClN2O2/c1-9-3-5-11(8-13(9)17)18-15(19)12-7-10(16)4-6-14(12)20-2/h3-8H,17H2,1-2H3,(H,18,19). The smallest absolute Gasteiger partial charge is 0.259 e. The summed E-state index contributed by atoms with van der Waals surface area (Å²) in [5, 5.41) is 3.24. The first-order chi connectivity index (χ1) is 9.51. The van der Waals surface area contributed by atoms with Crippen molar-refractivity contribution in [2.75, 3.05) is 18.2 Å². The summed E-state index contributed by atoms with van der Waals surface area (Å²) in [6.07, 6.45) is 0. The molecule has 0 aliphatic rings. The first-order valence-corrected chi connectivity index (χ1v) is 6.40. The monoisotopic (exact) mass is 290 g/mol. The number of aryl methyl sites for hydroxylation is 1. The Bertz CT molecular complexity index is 656. The van der Waals surface area contributed by atoms with Gasteiger partial charge in [-0.1, -0.05) is 17.7 Å². The average molecular weight is 291 g/mol. The summed E-state index contributed by atoms with van der Waals surface area (Å²) in [4.78, 5) is 12.3. The normalized spacial score (nSPS) is 10.2. The Balaban J connectivity index is 2.27. The van der Waals surface area contributed by atoms with Gasteiger partial charge in [0.2, 0.25) is 0 Å². The molecule has 104 valence electrons. The van der Waals surface area contributed by atoms with Crippen molar-refractivity contribution in [3.63, 3.8) is 0 Å². The van der Waals surface area contributed by atoms with Crippen molar-refractivity contribution in [2.45, 2.75) is 6.92 Å². The number of amides is 1. The highest BCUT2D eigenvalue weighted by molar-refractivity contribution is 6.31. The second-order valence-electron chi connectivity index (χ2n) is 4.37. The topological polar surface area (TPSA) is 64.3 Å². The molecule has 2 aromatic carbocycles. The van der Waals surface area contributed by atoms with E-state index in [9.17, 15) is 4.79 Å². The van der Waals surface area contributed by atoms with Gasteiger partial charge in [0.15, 0.2) is 0 Å². The van der Waals surface area contributed by atoms with Crippen LogP contribution in [-0.2, 0) is 0 Å². The van der Waals surface area contributed by atoms with E-state index in [1.807, 2.05) is 13.0 Å². The molecule has 0 bridgehead atoms. The van der Waals surface area contributed by atoms with E-state index in [0.29, 0.717) is 27.7 Å². The van der Waals surface area contributed by atoms with Crippen molar-refractivity contribution in [2.24, 2.45) is 0 Å². The van der Waals surface area contributed by atoms with Gasteiger partial charge in [0.25, 0.3) is 5.91 Å². The van der Waals surface area contributed by atoms with E-state index < -0.39 is 0 Å². The minimum Gasteiger partial charge on any atom is -0.496 e. The molecule has 0 aliphatic carbocycles. The maximum atomic E-state index is 12.3. The fourth-order valence-corrected chi connectivity index (χ4v) is 1.95. The molecule has 4 nitrogen and oxygen atoms in total. The minimum atomic E-state index is -0.299. The zero-order valence-corrected chi connectivity index (χ0v) is 12.0. The van der Waals surface area contributed by atoms with Gasteiger partial charge in [-0.25, -0.2) is 0 Å². The van der Waals surface area contributed by atoms with Gasteiger partial charge >= 0.3 is 0 Å². The molecule has 0 radical (unpaired) electrons. The van der Waals surface area contributed by atoms with E-state index in [4.69, 9.17) is 22.1 Å². The Hall–Kier alpha value is -2.20. The van der Waals surface area contributed by atoms with Gasteiger partial charge in [-0.05, 0) is 42.8 Å². The van der Waals surface area contributed by atoms with E-state index in [0.717, 1.165) is 5.56 Å². The van der Waals surface area contributed by atoms with Gasteiger partial charge in [-0.2, -0.15) is 0 Å². The number of benzene rings is 2. The highest BCUT2D eigenvalue weighted by atomic mass is 35.5. The molecule has 2 rings (SSSR count). The van der Waals surface area contributed by atoms with E-state index in [2.05, 4.69) is 5.32 Å². The molecule has 0 aliphatic heterocycles. The predicted octanol–water partition coefficient (Wildman–Crippen LogP) is 3.49. The lowest BCUT2D eigenvalue weighted by molar-refractivity contribution is 0.102. The van der Waals surface area contributed by atoms with Crippen LogP contribution in [-0.4, -0.2) is 13.0 Å². The Labute approximate surface area is 122 Å². The number of nitrogen functional groups attached to an aromatic ring is 1. The molecular weight excluding hydrogens is 276 g/mol. The van der Waals surface area contributed by atoms with E-state index >= 15 is 0 Å². The highest BCUT2D eigenvalue weighted by Crippen LogP contribution is 2.24. The summed E-state index contributed by atoms with van der Waals surface area (Å²) in [7, 11) is 1.50. The van der Waals surface area contributed by atoms with Crippen LogP contribution in [0.4, 0.5) is 11.4 Å². The number of ether oxygens (including phenoxy) is 1. The molecule has 0 heterocycles. The first kappa shape index (κ1) is 14.2. The molecule has 20 heavy (non-hydrogen) atoms.